The zero-order valence-corrected chi connectivity index (χ0v) is 7.28. The number of H-pyrrole nitrogens is 2. The highest BCUT2D eigenvalue weighted by molar-refractivity contribution is 5.74. The molecule has 0 fully saturated rings. The minimum atomic E-state index is -0.784. The van der Waals surface area contributed by atoms with Gasteiger partial charge in [-0.2, -0.15) is 9.36 Å². The molecule has 0 unspecified atom stereocenters. The quantitative estimate of drug-likeness (QED) is 0.375. The van der Waals surface area contributed by atoms with Gasteiger partial charge < -0.3 is 11.5 Å². The minimum absolute atomic E-state index is 0.0729. The number of rotatable bonds is 0. The van der Waals surface area contributed by atoms with Gasteiger partial charge in [0.1, 0.15) is 11.0 Å². The molecule has 0 aliphatic heterocycles. The number of nitrogens with one attached hydrogen (secondary N) is 2. The van der Waals surface area contributed by atoms with Crippen molar-refractivity contribution in [2.75, 3.05) is 0 Å². The Labute approximate surface area is 77.8 Å². The second kappa shape index (κ2) is 3.17. The Morgan fingerprint density at radius 3 is 1.50 bits per heavy atom. The average molecular weight is 198 g/mol. The van der Waals surface area contributed by atoms with Gasteiger partial charge in [0.25, 0.3) is 0 Å². The van der Waals surface area contributed by atoms with Crippen LogP contribution in [0.25, 0.3) is 13.2 Å². The molecule has 0 spiro atoms. The Morgan fingerprint density at radius 1 is 1.00 bits per heavy atom. The first-order valence-corrected chi connectivity index (χ1v) is 3.53. The highest BCUT2D eigenvalue weighted by Crippen LogP contribution is 1.66. The van der Waals surface area contributed by atoms with E-state index in [4.69, 9.17) is 11.5 Å². The van der Waals surface area contributed by atoms with Crippen LogP contribution in [0.5, 0.6) is 0 Å². The summed E-state index contributed by atoms with van der Waals surface area (Å²) in [5.41, 5.74) is 10.1. The van der Waals surface area contributed by atoms with E-state index in [1.807, 2.05) is 0 Å². The molecule has 0 aromatic carbocycles. The number of aromatic amines is 2. The molecular formula is C6H10N6O2. The van der Waals surface area contributed by atoms with Crippen LogP contribution < -0.4 is 22.4 Å². The summed E-state index contributed by atoms with van der Waals surface area (Å²) < 4.78 is 1.78. The minimum Gasteiger partial charge on any atom is -0.350 e. The van der Waals surface area contributed by atoms with Crippen molar-refractivity contribution >= 4 is 25.2 Å². The van der Waals surface area contributed by atoms with Crippen LogP contribution in [0.15, 0.2) is 0 Å². The number of carbonyl (C=O) groups excluding carboxylic acids is 2. The van der Waals surface area contributed by atoms with E-state index in [0.717, 1.165) is 9.36 Å². The number of aromatic nitrogens is 4. The first-order chi connectivity index (χ1) is 6.43. The molecule has 0 radical (unpaired) electrons. The molecule has 14 heavy (non-hydrogen) atoms. The van der Waals surface area contributed by atoms with E-state index in [1.165, 1.54) is 0 Å². The molecule has 6 N–H and O–H groups in total. The second-order valence-corrected chi connectivity index (χ2v) is 2.46. The Kier molecular flexibility index (Phi) is 2.19. The van der Waals surface area contributed by atoms with Crippen LogP contribution in [0.4, 0.5) is 9.59 Å². The molecule has 1 aromatic heterocycles. The highest BCUT2D eigenvalue weighted by atomic mass is 16.2. The summed E-state index contributed by atoms with van der Waals surface area (Å²) in [6.07, 6.45) is 0. The molecule has 8 nitrogen and oxygen atoms in total. The molecule has 0 bridgehead atoms. The Morgan fingerprint density at radius 2 is 1.29 bits per heavy atom. The lowest BCUT2D eigenvalue weighted by Gasteiger charge is -2.07. The maximum absolute atomic E-state index is 10.8. The fourth-order valence-electron chi connectivity index (χ4n) is 0.869. The third-order valence-electron chi connectivity index (χ3n) is 1.46. The van der Waals surface area contributed by atoms with E-state index in [2.05, 4.69) is 23.4 Å². The summed E-state index contributed by atoms with van der Waals surface area (Å²) in [5, 5.41) is 4.85. The average Bonchev–Trinajstić information content (AvgIpc) is 2.07. The summed E-state index contributed by atoms with van der Waals surface area (Å²) in [6, 6.07) is -1.57. The fourth-order valence-corrected chi connectivity index (χ4v) is 0.869. The number of hydrogen-bond donors (Lipinski definition) is 4. The standard InChI is InChI=1S/C6H10N6O2/c1-3-9-12(6(8)14)4(2)10-11(3)5(7)13/h9-10H,1-2H2,(H2,7,13)(H2,8,14). The van der Waals surface area contributed by atoms with Gasteiger partial charge in [-0.1, -0.05) is 13.2 Å². The molecule has 2 amide bonds. The largest absolute Gasteiger partial charge is 0.350 e. The van der Waals surface area contributed by atoms with Crippen molar-refractivity contribution in [3.05, 3.63) is 11.0 Å². The number of hydrogen-bond acceptors (Lipinski definition) is 2. The van der Waals surface area contributed by atoms with Gasteiger partial charge in [-0.3, -0.25) is 10.2 Å². The van der Waals surface area contributed by atoms with Gasteiger partial charge in [-0.05, 0) is 0 Å². The topological polar surface area (TPSA) is 128 Å². The number of nitrogens with zero attached hydrogens (tertiary/aromatic N) is 2. The lowest BCUT2D eigenvalue weighted by molar-refractivity contribution is 0.239. The smallest absolute Gasteiger partial charge is 0.339 e. The lowest BCUT2D eigenvalue weighted by Crippen LogP contribution is -2.47. The van der Waals surface area contributed by atoms with Crippen molar-refractivity contribution in [1.82, 2.24) is 19.6 Å². The summed E-state index contributed by atoms with van der Waals surface area (Å²) >= 11 is 0. The van der Waals surface area contributed by atoms with Crippen molar-refractivity contribution in [3.63, 3.8) is 0 Å². The van der Waals surface area contributed by atoms with Crippen molar-refractivity contribution in [3.8, 4) is 0 Å². The Hall–Kier alpha value is -2.38. The maximum Gasteiger partial charge on any atom is 0.339 e. The first kappa shape index (κ1) is 9.71. The highest BCUT2D eigenvalue weighted by Gasteiger charge is 2.02. The Balaban J connectivity index is 3.55. The zero-order chi connectivity index (χ0) is 10.9. The van der Waals surface area contributed by atoms with Gasteiger partial charge in [0.15, 0.2) is 0 Å². The molecule has 1 rings (SSSR count). The molecule has 0 aliphatic carbocycles. The van der Waals surface area contributed by atoms with E-state index in [0.29, 0.717) is 0 Å². The van der Waals surface area contributed by atoms with Crippen LogP contribution in [0, 0.1) is 0 Å². The lowest BCUT2D eigenvalue weighted by atomic mass is 10.8. The number of primary amides is 2. The van der Waals surface area contributed by atoms with Crippen molar-refractivity contribution in [1.29, 1.82) is 0 Å². The summed E-state index contributed by atoms with van der Waals surface area (Å²) in [5.74, 6) is 0. The van der Waals surface area contributed by atoms with Gasteiger partial charge in [0, 0.05) is 0 Å². The summed E-state index contributed by atoms with van der Waals surface area (Å²) in [4.78, 5) is 21.6. The molecule has 0 atom stereocenters. The SMILES string of the molecule is C=c1[nH]n(C(N)=O)c(=C)[nH]n1C(N)=O. The van der Waals surface area contributed by atoms with Crippen molar-refractivity contribution in [2.45, 2.75) is 0 Å². The molecule has 76 valence electrons. The normalized spacial score (nSPS) is 9.71. The molecule has 8 heteroatoms. The summed E-state index contributed by atoms with van der Waals surface area (Å²) in [6.45, 7) is 6.89. The number of amides is 2. The predicted octanol–water partition coefficient (Wildman–Crippen LogP) is -2.26. The predicted molar refractivity (Wildman–Crippen MR) is 49.0 cm³/mol. The van der Waals surface area contributed by atoms with Crippen LogP contribution in [0.2, 0.25) is 0 Å². The van der Waals surface area contributed by atoms with Gasteiger partial charge >= 0.3 is 12.1 Å². The summed E-state index contributed by atoms with van der Waals surface area (Å²) in [7, 11) is 0. The maximum atomic E-state index is 10.8. The van der Waals surface area contributed by atoms with E-state index >= 15 is 0 Å². The third kappa shape index (κ3) is 1.53. The van der Waals surface area contributed by atoms with Crippen LogP contribution in [-0.2, 0) is 0 Å². The van der Waals surface area contributed by atoms with Crippen LogP contribution in [0.3, 0.4) is 0 Å². The Bertz CT molecular complexity index is 462. The van der Waals surface area contributed by atoms with Gasteiger partial charge in [-0.25, -0.2) is 9.59 Å². The van der Waals surface area contributed by atoms with E-state index in [1.54, 1.807) is 0 Å². The zero-order valence-electron chi connectivity index (χ0n) is 7.28. The van der Waals surface area contributed by atoms with Gasteiger partial charge in [-0.15, -0.1) is 0 Å². The van der Waals surface area contributed by atoms with Crippen molar-refractivity contribution < 1.29 is 9.59 Å². The molecular weight excluding hydrogens is 188 g/mol. The fraction of sp³-hybridized carbons (Fsp3) is 0. The molecule has 1 heterocycles. The monoisotopic (exact) mass is 198 g/mol. The molecule has 0 saturated carbocycles. The van der Waals surface area contributed by atoms with Crippen LogP contribution >= 0.6 is 0 Å². The third-order valence-corrected chi connectivity index (χ3v) is 1.46. The van der Waals surface area contributed by atoms with E-state index < -0.39 is 12.1 Å². The van der Waals surface area contributed by atoms with E-state index in [9.17, 15) is 9.59 Å². The molecule has 0 saturated heterocycles. The number of carbonyl (C=O) groups is 2. The second-order valence-electron chi connectivity index (χ2n) is 2.46. The van der Waals surface area contributed by atoms with Crippen LogP contribution in [-0.4, -0.2) is 31.6 Å². The van der Waals surface area contributed by atoms with Gasteiger partial charge in [0.2, 0.25) is 0 Å². The number of nitrogens with two attached hydrogens (primary N) is 2. The van der Waals surface area contributed by atoms with Crippen LogP contribution in [0.1, 0.15) is 0 Å². The molecule has 1 aromatic rings. The first-order valence-electron chi connectivity index (χ1n) is 3.53. The van der Waals surface area contributed by atoms with Crippen molar-refractivity contribution in [2.24, 2.45) is 11.5 Å². The molecule has 0 aliphatic rings. The van der Waals surface area contributed by atoms with Gasteiger partial charge in [0.05, 0.1) is 0 Å². The van der Waals surface area contributed by atoms with E-state index in [-0.39, 0.29) is 11.0 Å².